The van der Waals surface area contributed by atoms with Crippen molar-refractivity contribution in [2.45, 2.75) is 13.0 Å². The fraction of sp³-hybridized carbons (Fsp3) is 0.200. The topological polar surface area (TPSA) is 150 Å². The van der Waals surface area contributed by atoms with Gasteiger partial charge in [-0.1, -0.05) is 6.07 Å². The zero-order valence-corrected chi connectivity index (χ0v) is 13.0. The molecule has 0 aliphatic rings. The summed E-state index contributed by atoms with van der Waals surface area (Å²) in [5.74, 6) is 0.812. The number of hydrogen-bond acceptors (Lipinski definition) is 7. The average Bonchev–Trinajstić information content (AvgIpc) is 3.07. The van der Waals surface area contributed by atoms with E-state index in [4.69, 9.17) is 15.6 Å². The average molecular weight is 330 g/mol. The molecule has 2 heterocycles. The second kappa shape index (κ2) is 7.88. The van der Waals surface area contributed by atoms with Crippen LogP contribution in [0.3, 0.4) is 0 Å². The summed E-state index contributed by atoms with van der Waals surface area (Å²) in [4.78, 5) is 16.8. The van der Waals surface area contributed by atoms with Crippen LogP contribution in [0, 0.1) is 0 Å². The first kappa shape index (κ1) is 17.2. The number of fused-ring (bicyclic) bond motifs is 1. The van der Waals surface area contributed by atoms with E-state index in [2.05, 4.69) is 25.5 Å². The van der Waals surface area contributed by atoms with Crippen molar-refractivity contribution in [3.63, 3.8) is 0 Å². The van der Waals surface area contributed by atoms with Gasteiger partial charge in [0, 0.05) is 23.7 Å². The molecule has 0 spiro atoms. The molecule has 24 heavy (non-hydrogen) atoms. The largest absolute Gasteiger partial charge is 0.483 e. The molecule has 9 nitrogen and oxygen atoms in total. The number of benzene rings is 1. The first-order valence-corrected chi connectivity index (χ1v) is 7.12. The van der Waals surface area contributed by atoms with Crippen LogP contribution in [0.1, 0.15) is 6.92 Å². The van der Waals surface area contributed by atoms with E-state index < -0.39 is 6.10 Å². The molecule has 3 rings (SSSR count). The smallest absolute Gasteiger partial charge is 0.290 e. The molecule has 0 aliphatic heterocycles. The van der Waals surface area contributed by atoms with Gasteiger partial charge < -0.3 is 21.3 Å². The molecule has 0 aliphatic carbocycles. The first-order valence-electron chi connectivity index (χ1n) is 7.12. The van der Waals surface area contributed by atoms with E-state index in [1.165, 1.54) is 0 Å². The van der Waals surface area contributed by atoms with Crippen molar-refractivity contribution in [2.75, 3.05) is 17.6 Å². The number of nitrogens with two attached hydrogens (primary N) is 1. The van der Waals surface area contributed by atoms with Crippen molar-refractivity contribution >= 4 is 29.1 Å². The van der Waals surface area contributed by atoms with Gasteiger partial charge in [-0.3, -0.25) is 9.89 Å². The summed E-state index contributed by atoms with van der Waals surface area (Å²) in [5, 5.41) is 27.1. The number of aliphatic hydroxyl groups is 1. The second-order valence-electron chi connectivity index (χ2n) is 4.97. The molecule has 0 saturated carbocycles. The summed E-state index contributed by atoms with van der Waals surface area (Å²) in [6.45, 7) is 1.85. The van der Waals surface area contributed by atoms with Gasteiger partial charge in [-0.25, -0.2) is 4.98 Å². The maximum atomic E-state index is 9.38. The summed E-state index contributed by atoms with van der Waals surface area (Å²) in [6.07, 6.45) is 1.23. The number of anilines is 2. The van der Waals surface area contributed by atoms with Crippen LogP contribution in [0.2, 0.25) is 0 Å². The van der Waals surface area contributed by atoms with Crippen molar-refractivity contribution in [3.05, 3.63) is 30.5 Å². The van der Waals surface area contributed by atoms with Crippen molar-refractivity contribution in [1.82, 2.24) is 20.2 Å². The Kier molecular flexibility index (Phi) is 5.63. The predicted molar refractivity (Wildman–Crippen MR) is 90.4 cm³/mol. The van der Waals surface area contributed by atoms with Gasteiger partial charge in [0.1, 0.15) is 5.82 Å². The van der Waals surface area contributed by atoms with E-state index >= 15 is 0 Å². The standard InChI is InChI=1S/C14H16N6O.CH2O2/c1-8(21)7-16-13-10-3-2-9(11-4-5-17-20-11)6-12(10)18-14(15)19-13;2-1-3/h2-6,8,21H,7H2,1H3,(H,17,20)(H3,15,16,18,19);1H,(H,2,3). The molecule has 0 fully saturated rings. The van der Waals surface area contributed by atoms with Gasteiger partial charge in [-0.15, -0.1) is 0 Å². The predicted octanol–water partition coefficient (Wildman–Crippen LogP) is 1.10. The second-order valence-corrected chi connectivity index (χ2v) is 4.97. The Labute approximate surface area is 137 Å². The number of carbonyl (C=O) groups is 1. The molecule has 1 atom stereocenters. The van der Waals surface area contributed by atoms with Gasteiger partial charge in [0.05, 0.1) is 17.3 Å². The van der Waals surface area contributed by atoms with E-state index in [0.717, 1.165) is 22.2 Å². The summed E-state index contributed by atoms with van der Waals surface area (Å²) in [6, 6.07) is 7.70. The van der Waals surface area contributed by atoms with Crippen LogP contribution in [-0.4, -0.2) is 49.5 Å². The number of hydrogen-bond donors (Lipinski definition) is 5. The van der Waals surface area contributed by atoms with Crippen LogP contribution in [-0.2, 0) is 4.79 Å². The Morgan fingerprint density at radius 2 is 2.12 bits per heavy atom. The molecular weight excluding hydrogens is 312 g/mol. The van der Waals surface area contributed by atoms with Gasteiger partial charge >= 0.3 is 0 Å². The lowest BCUT2D eigenvalue weighted by molar-refractivity contribution is -0.122. The van der Waals surface area contributed by atoms with E-state index in [1.54, 1.807) is 13.1 Å². The molecule has 0 radical (unpaired) electrons. The highest BCUT2D eigenvalue weighted by Gasteiger charge is 2.09. The molecular formula is C15H18N6O3. The molecule has 9 heteroatoms. The zero-order valence-electron chi connectivity index (χ0n) is 13.0. The SMILES string of the molecule is CC(O)CNc1nc(N)nc2cc(-c3ccn[nH]3)ccc12.O=CO. The van der Waals surface area contributed by atoms with Crippen molar-refractivity contribution in [1.29, 1.82) is 0 Å². The Morgan fingerprint density at radius 1 is 1.38 bits per heavy atom. The summed E-state index contributed by atoms with van der Waals surface area (Å²) in [5.41, 5.74) is 8.38. The van der Waals surface area contributed by atoms with Crippen LogP contribution in [0.25, 0.3) is 22.2 Å². The lowest BCUT2D eigenvalue weighted by atomic mass is 10.1. The van der Waals surface area contributed by atoms with Crippen molar-refractivity contribution in [2.24, 2.45) is 0 Å². The number of carboxylic acid groups (broad SMARTS) is 1. The molecule has 1 unspecified atom stereocenters. The number of nitrogens with zero attached hydrogens (tertiary/aromatic N) is 3. The third kappa shape index (κ3) is 4.17. The Bertz CT molecular complexity index is 804. The third-order valence-electron chi connectivity index (χ3n) is 3.09. The summed E-state index contributed by atoms with van der Waals surface area (Å²) < 4.78 is 0. The van der Waals surface area contributed by atoms with Gasteiger partial charge in [-0.2, -0.15) is 10.1 Å². The van der Waals surface area contributed by atoms with Crippen molar-refractivity contribution in [3.8, 4) is 11.3 Å². The molecule has 0 bridgehead atoms. The maximum absolute atomic E-state index is 9.38. The number of rotatable bonds is 4. The molecule has 3 aromatic rings. The number of aliphatic hydroxyl groups excluding tert-OH is 1. The normalized spacial score (nSPS) is 11.4. The Balaban J connectivity index is 0.000000647. The van der Waals surface area contributed by atoms with Gasteiger partial charge in [0.25, 0.3) is 6.47 Å². The number of nitrogen functional groups attached to an aromatic ring is 1. The lowest BCUT2D eigenvalue weighted by Gasteiger charge is -2.11. The van der Waals surface area contributed by atoms with Crippen LogP contribution < -0.4 is 11.1 Å². The third-order valence-corrected chi connectivity index (χ3v) is 3.09. The molecule has 1 aromatic carbocycles. The van der Waals surface area contributed by atoms with Gasteiger partial charge in [0.15, 0.2) is 0 Å². The van der Waals surface area contributed by atoms with Crippen LogP contribution >= 0.6 is 0 Å². The van der Waals surface area contributed by atoms with E-state index in [0.29, 0.717) is 12.4 Å². The molecule has 126 valence electrons. The zero-order chi connectivity index (χ0) is 17.5. The fourth-order valence-corrected chi connectivity index (χ4v) is 2.11. The first-order chi connectivity index (χ1) is 11.5. The van der Waals surface area contributed by atoms with Crippen LogP contribution in [0.15, 0.2) is 30.5 Å². The Morgan fingerprint density at radius 3 is 2.75 bits per heavy atom. The monoisotopic (exact) mass is 330 g/mol. The van der Waals surface area contributed by atoms with Gasteiger partial charge in [-0.05, 0) is 25.1 Å². The van der Waals surface area contributed by atoms with Crippen LogP contribution in [0.5, 0.6) is 0 Å². The molecule has 0 saturated heterocycles. The number of nitrogens with one attached hydrogen (secondary N) is 2. The quantitative estimate of drug-likeness (QED) is 0.446. The van der Waals surface area contributed by atoms with Gasteiger partial charge in [0.2, 0.25) is 5.95 Å². The minimum atomic E-state index is -0.472. The molecule has 0 amide bonds. The van der Waals surface area contributed by atoms with Crippen molar-refractivity contribution < 1.29 is 15.0 Å². The highest BCUT2D eigenvalue weighted by Crippen LogP contribution is 2.26. The molecule has 6 N–H and O–H groups in total. The van der Waals surface area contributed by atoms with E-state index in [9.17, 15) is 5.11 Å². The minimum absolute atomic E-state index is 0.192. The van der Waals surface area contributed by atoms with E-state index in [-0.39, 0.29) is 12.4 Å². The minimum Gasteiger partial charge on any atom is -0.483 e. The number of aromatic amines is 1. The highest BCUT2D eigenvalue weighted by molar-refractivity contribution is 5.92. The fourth-order valence-electron chi connectivity index (χ4n) is 2.11. The molecule has 2 aromatic heterocycles. The number of aromatic nitrogens is 4. The van der Waals surface area contributed by atoms with E-state index in [1.807, 2.05) is 24.3 Å². The Hall–Kier alpha value is -3.20. The summed E-state index contributed by atoms with van der Waals surface area (Å²) in [7, 11) is 0. The maximum Gasteiger partial charge on any atom is 0.290 e. The lowest BCUT2D eigenvalue weighted by Crippen LogP contribution is -2.16. The number of H-pyrrole nitrogens is 1. The highest BCUT2D eigenvalue weighted by atomic mass is 16.3. The van der Waals surface area contributed by atoms with Crippen LogP contribution in [0.4, 0.5) is 11.8 Å². The summed E-state index contributed by atoms with van der Waals surface area (Å²) >= 11 is 0.